The molecule has 0 aromatic carbocycles. The first kappa shape index (κ1) is 9.36. The van der Waals surface area contributed by atoms with Gasteiger partial charge in [0.2, 0.25) is 0 Å². The SMILES string of the molecule is CNS(=O)(=O)NC(C)C#N. The van der Waals surface area contributed by atoms with Crippen molar-refractivity contribution in [1.29, 1.82) is 5.26 Å². The molecule has 0 aliphatic heterocycles. The van der Waals surface area contributed by atoms with E-state index in [1.165, 1.54) is 14.0 Å². The quantitative estimate of drug-likeness (QED) is 0.557. The van der Waals surface area contributed by atoms with E-state index in [1.54, 1.807) is 6.07 Å². The van der Waals surface area contributed by atoms with Crippen LogP contribution in [0.1, 0.15) is 6.92 Å². The number of hydrogen-bond acceptors (Lipinski definition) is 3. The largest absolute Gasteiger partial charge is 0.277 e. The Morgan fingerprint density at radius 2 is 2.10 bits per heavy atom. The van der Waals surface area contributed by atoms with Gasteiger partial charge in [-0.3, -0.25) is 0 Å². The molecule has 0 saturated heterocycles. The van der Waals surface area contributed by atoms with Gasteiger partial charge in [0.25, 0.3) is 10.2 Å². The Balaban J connectivity index is 4.06. The summed E-state index contributed by atoms with van der Waals surface area (Å²) in [5.41, 5.74) is 0. The van der Waals surface area contributed by atoms with Crippen molar-refractivity contribution in [3.05, 3.63) is 0 Å². The first-order valence-electron chi connectivity index (χ1n) is 2.62. The molecule has 0 aliphatic rings. The molecule has 0 aromatic heterocycles. The van der Waals surface area contributed by atoms with Crippen LogP contribution in [0.2, 0.25) is 0 Å². The molecular formula is C4H9N3O2S. The maximum atomic E-state index is 10.6. The highest BCUT2D eigenvalue weighted by atomic mass is 32.2. The third-order valence-corrected chi connectivity index (χ3v) is 2.00. The van der Waals surface area contributed by atoms with Gasteiger partial charge in [-0.2, -0.15) is 18.4 Å². The zero-order valence-electron chi connectivity index (χ0n) is 5.75. The first-order valence-corrected chi connectivity index (χ1v) is 4.10. The lowest BCUT2D eigenvalue weighted by atomic mass is 10.4. The summed E-state index contributed by atoms with van der Waals surface area (Å²) in [6, 6.07) is 1.03. The summed E-state index contributed by atoms with van der Waals surface area (Å²) in [6.07, 6.45) is 0. The highest BCUT2D eigenvalue weighted by molar-refractivity contribution is 7.87. The second-order valence-electron chi connectivity index (χ2n) is 1.68. The van der Waals surface area contributed by atoms with Crippen molar-refractivity contribution >= 4 is 10.2 Å². The molecule has 6 heteroatoms. The third-order valence-electron chi connectivity index (χ3n) is 0.794. The van der Waals surface area contributed by atoms with Gasteiger partial charge in [0.05, 0.1) is 6.07 Å². The van der Waals surface area contributed by atoms with E-state index in [2.05, 4.69) is 4.72 Å². The van der Waals surface area contributed by atoms with Crippen molar-refractivity contribution < 1.29 is 8.42 Å². The van der Waals surface area contributed by atoms with Crippen LogP contribution in [-0.2, 0) is 10.2 Å². The molecule has 0 spiro atoms. The van der Waals surface area contributed by atoms with E-state index >= 15 is 0 Å². The molecule has 1 unspecified atom stereocenters. The summed E-state index contributed by atoms with van der Waals surface area (Å²) in [5, 5.41) is 8.19. The predicted molar refractivity (Wildman–Crippen MR) is 36.2 cm³/mol. The molecule has 0 saturated carbocycles. The lowest BCUT2D eigenvalue weighted by Gasteiger charge is -2.04. The van der Waals surface area contributed by atoms with Gasteiger partial charge in [-0.25, -0.2) is 4.72 Å². The highest BCUT2D eigenvalue weighted by Gasteiger charge is 2.09. The normalized spacial score (nSPS) is 14.1. The molecule has 58 valence electrons. The molecule has 0 bridgehead atoms. The number of rotatable bonds is 3. The highest BCUT2D eigenvalue weighted by Crippen LogP contribution is 1.80. The van der Waals surface area contributed by atoms with Crippen LogP contribution in [0.15, 0.2) is 0 Å². The maximum Gasteiger partial charge on any atom is 0.277 e. The molecule has 2 N–H and O–H groups in total. The van der Waals surface area contributed by atoms with Crippen LogP contribution in [0, 0.1) is 11.3 Å². The minimum atomic E-state index is -3.45. The second kappa shape index (κ2) is 3.51. The van der Waals surface area contributed by atoms with Crippen LogP contribution in [0.25, 0.3) is 0 Å². The number of hydrogen-bond donors (Lipinski definition) is 2. The Labute approximate surface area is 60.2 Å². The monoisotopic (exact) mass is 163 g/mol. The molecular weight excluding hydrogens is 154 g/mol. The molecule has 10 heavy (non-hydrogen) atoms. The average molecular weight is 163 g/mol. The fraction of sp³-hybridized carbons (Fsp3) is 0.750. The zero-order valence-corrected chi connectivity index (χ0v) is 6.57. The van der Waals surface area contributed by atoms with E-state index < -0.39 is 16.3 Å². The lowest BCUT2D eigenvalue weighted by molar-refractivity contribution is 0.568. The predicted octanol–water partition coefficient (Wildman–Crippen LogP) is -1.05. The minimum Gasteiger partial charge on any atom is -0.205 e. The number of nitrogens with zero attached hydrogens (tertiary/aromatic N) is 1. The molecule has 0 amide bonds. The van der Waals surface area contributed by atoms with Crippen LogP contribution >= 0.6 is 0 Å². The molecule has 0 aromatic rings. The molecule has 5 nitrogen and oxygen atoms in total. The Hall–Kier alpha value is -0.640. The molecule has 1 atom stereocenters. The van der Waals surface area contributed by atoms with Gasteiger partial charge in [0, 0.05) is 7.05 Å². The van der Waals surface area contributed by atoms with Gasteiger partial charge in [-0.1, -0.05) is 0 Å². The lowest BCUT2D eigenvalue weighted by Crippen LogP contribution is -2.38. The summed E-state index contributed by atoms with van der Waals surface area (Å²) in [4.78, 5) is 0. The van der Waals surface area contributed by atoms with E-state index in [-0.39, 0.29) is 0 Å². The van der Waals surface area contributed by atoms with Crippen LogP contribution in [-0.4, -0.2) is 21.5 Å². The standard InChI is InChI=1S/C4H9N3O2S/c1-4(3-5)7-10(8,9)6-2/h4,6-7H,1-2H3. The minimum absolute atomic E-state index is 0.697. The van der Waals surface area contributed by atoms with Crippen LogP contribution in [0.5, 0.6) is 0 Å². The third kappa shape index (κ3) is 3.40. The van der Waals surface area contributed by atoms with Crippen molar-refractivity contribution in [2.24, 2.45) is 0 Å². The Morgan fingerprint density at radius 3 is 2.40 bits per heavy atom. The fourth-order valence-electron chi connectivity index (χ4n) is 0.318. The fourth-order valence-corrected chi connectivity index (χ4v) is 0.954. The number of nitriles is 1. The molecule has 0 fully saturated rings. The Bertz CT molecular complexity index is 227. The van der Waals surface area contributed by atoms with Gasteiger partial charge in [-0.15, -0.1) is 0 Å². The molecule has 0 aliphatic carbocycles. The van der Waals surface area contributed by atoms with Crippen molar-refractivity contribution in [3.63, 3.8) is 0 Å². The zero-order chi connectivity index (χ0) is 8.20. The summed E-state index contributed by atoms with van der Waals surface area (Å²) >= 11 is 0. The van der Waals surface area contributed by atoms with Crippen LogP contribution in [0.3, 0.4) is 0 Å². The summed E-state index contributed by atoms with van der Waals surface area (Å²) in [7, 11) is -2.18. The summed E-state index contributed by atoms with van der Waals surface area (Å²) in [5.74, 6) is 0. The van der Waals surface area contributed by atoms with E-state index in [0.29, 0.717) is 0 Å². The van der Waals surface area contributed by atoms with Gasteiger partial charge in [-0.05, 0) is 6.92 Å². The first-order chi connectivity index (χ1) is 4.52. The Kier molecular flexibility index (Phi) is 3.28. The maximum absolute atomic E-state index is 10.6. The molecule has 0 rings (SSSR count). The van der Waals surface area contributed by atoms with Crippen molar-refractivity contribution in [2.45, 2.75) is 13.0 Å². The molecule has 0 heterocycles. The van der Waals surface area contributed by atoms with Crippen LogP contribution in [0.4, 0.5) is 0 Å². The van der Waals surface area contributed by atoms with Crippen LogP contribution < -0.4 is 9.44 Å². The number of nitrogens with one attached hydrogen (secondary N) is 2. The summed E-state index contributed by atoms with van der Waals surface area (Å²) in [6.45, 7) is 1.45. The van der Waals surface area contributed by atoms with E-state index in [4.69, 9.17) is 5.26 Å². The van der Waals surface area contributed by atoms with Gasteiger partial charge in [0.15, 0.2) is 0 Å². The van der Waals surface area contributed by atoms with Crippen molar-refractivity contribution in [3.8, 4) is 6.07 Å². The van der Waals surface area contributed by atoms with E-state index in [0.717, 1.165) is 0 Å². The van der Waals surface area contributed by atoms with Gasteiger partial charge >= 0.3 is 0 Å². The van der Waals surface area contributed by atoms with Gasteiger partial charge < -0.3 is 0 Å². The van der Waals surface area contributed by atoms with Crippen molar-refractivity contribution in [2.75, 3.05) is 7.05 Å². The second-order valence-corrected chi connectivity index (χ2v) is 3.33. The summed E-state index contributed by atoms with van der Waals surface area (Å²) < 4.78 is 25.3. The smallest absolute Gasteiger partial charge is 0.205 e. The van der Waals surface area contributed by atoms with Gasteiger partial charge in [0.1, 0.15) is 6.04 Å². The van der Waals surface area contributed by atoms with Crippen molar-refractivity contribution in [1.82, 2.24) is 9.44 Å². The Morgan fingerprint density at radius 1 is 1.60 bits per heavy atom. The average Bonchev–Trinajstić information content (AvgIpc) is 1.87. The van der Waals surface area contributed by atoms with E-state index in [1.807, 2.05) is 4.72 Å². The topological polar surface area (TPSA) is 82.0 Å². The molecule has 0 radical (unpaired) electrons. The van der Waals surface area contributed by atoms with E-state index in [9.17, 15) is 8.42 Å².